The van der Waals surface area contributed by atoms with Crippen molar-refractivity contribution in [3.63, 3.8) is 0 Å². The van der Waals surface area contributed by atoms with Crippen molar-refractivity contribution < 1.29 is 19.7 Å². The van der Waals surface area contributed by atoms with E-state index in [1.54, 1.807) is 23.1 Å². The fraction of sp³-hybridized carbons (Fsp3) is 0.462. The summed E-state index contributed by atoms with van der Waals surface area (Å²) in [6.07, 6.45) is -0.321. The van der Waals surface area contributed by atoms with Crippen LogP contribution in [0.1, 0.15) is 6.42 Å². The minimum Gasteiger partial charge on any atom is -0.491 e. The molecule has 0 radical (unpaired) electrons. The van der Waals surface area contributed by atoms with E-state index in [4.69, 9.17) is 21.4 Å². The molecule has 2 unspecified atom stereocenters. The summed E-state index contributed by atoms with van der Waals surface area (Å²) < 4.78 is 6.35. The van der Waals surface area contributed by atoms with Crippen molar-refractivity contribution in [1.82, 2.24) is 4.90 Å². The smallest absolute Gasteiger partial charge is 0.321 e. The second-order valence-corrected chi connectivity index (χ2v) is 5.95. The number of benzene rings is 1. The maximum atomic E-state index is 11.1. The third-order valence-electron chi connectivity index (χ3n) is 3.20. The maximum Gasteiger partial charge on any atom is 0.321 e. The minimum absolute atomic E-state index is 0.264. The van der Waals surface area contributed by atoms with Gasteiger partial charge in [0.05, 0.1) is 10.6 Å². The van der Waals surface area contributed by atoms with Crippen LogP contribution in [0.3, 0.4) is 0 Å². The molecule has 0 saturated carbocycles. The Bertz CT molecular complexity index is 499. The summed E-state index contributed by atoms with van der Waals surface area (Å²) >= 11 is 9.19. The molecule has 5 nitrogen and oxygen atoms in total. The maximum absolute atomic E-state index is 11.1. The lowest BCUT2D eigenvalue weighted by atomic mass is 10.2. The van der Waals surface area contributed by atoms with Gasteiger partial charge in [0, 0.05) is 24.5 Å². The zero-order valence-electron chi connectivity index (χ0n) is 10.6. The normalized spacial score (nSPS) is 22.9. The Labute approximate surface area is 130 Å². The zero-order chi connectivity index (χ0) is 14.7. The molecule has 1 aromatic carbocycles. The molecule has 2 atom stereocenters. The van der Waals surface area contributed by atoms with Crippen molar-refractivity contribution in [3.05, 3.63) is 27.7 Å². The van der Waals surface area contributed by atoms with Gasteiger partial charge in [0.2, 0.25) is 0 Å². The average molecular weight is 365 g/mol. The average Bonchev–Trinajstić information content (AvgIpc) is 2.73. The third kappa shape index (κ3) is 3.85. The van der Waals surface area contributed by atoms with E-state index >= 15 is 0 Å². The number of aliphatic hydroxyl groups excluding tert-OH is 1. The van der Waals surface area contributed by atoms with Crippen LogP contribution in [0.4, 0.5) is 0 Å². The van der Waals surface area contributed by atoms with E-state index in [2.05, 4.69) is 15.9 Å². The van der Waals surface area contributed by atoms with Crippen LogP contribution in [0.2, 0.25) is 5.02 Å². The van der Waals surface area contributed by atoms with E-state index < -0.39 is 18.1 Å². The van der Waals surface area contributed by atoms with E-state index in [1.807, 2.05) is 0 Å². The van der Waals surface area contributed by atoms with Crippen LogP contribution in [0.25, 0.3) is 0 Å². The molecule has 0 spiro atoms. The molecule has 0 bridgehead atoms. The molecule has 0 aromatic heterocycles. The summed E-state index contributed by atoms with van der Waals surface area (Å²) in [5.41, 5.74) is 0. The van der Waals surface area contributed by atoms with Gasteiger partial charge in [-0.3, -0.25) is 9.69 Å². The number of rotatable bonds is 5. The second-order valence-electron chi connectivity index (χ2n) is 4.66. The molecular formula is C13H15BrClNO4. The molecule has 0 aliphatic carbocycles. The molecule has 110 valence electrons. The van der Waals surface area contributed by atoms with Gasteiger partial charge in [-0.05, 0) is 34.1 Å². The monoisotopic (exact) mass is 363 g/mol. The highest BCUT2D eigenvalue weighted by atomic mass is 79.9. The lowest BCUT2D eigenvalue weighted by Gasteiger charge is -2.20. The lowest BCUT2D eigenvalue weighted by Crippen LogP contribution is -2.38. The van der Waals surface area contributed by atoms with Gasteiger partial charge in [-0.15, -0.1) is 0 Å². The molecule has 1 aliphatic rings. The van der Waals surface area contributed by atoms with Crippen LogP contribution in [-0.2, 0) is 4.79 Å². The first-order valence-corrected chi connectivity index (χ1v) is 7.37. The van der Waals surface area contributed by atoms with Crippen LogP contribution in [0, 0.1) is 0 Å². The second kappa shape index (κ2) is 6.76. The van der Waals surface area contributed by atoms with Crippen molar-refractivity contribution >= 4 is 33.5 Å². The van der Waals surface area contributed by atoms with Gasteiger partial charge in [0.1, 0.15) is 18.4 Å². The van der Waals surface area contributed by atoms with Crippen molar-refractivity contribution in [1.29, 1.82) is 0 Å². The first kappa shape index (κ1) is 15.6. The van der Waals surface area contributed by atoms with E-state index in [9.17, 15) is 9.90 Å². The number of likely N-dealkylation sites (tertiary alicyclic amines) is 1. The Morgan fingerprint density at radius 2 is 2.30 bits per heavy atom. The van der Waals surface area contributed by atoms with Crippen LogP contribution < -0.4 is 4.74 Å². The number of carbonyl (C=O) groups is 1. The predicted molar refractivity (Wildman–Crippen MR) is 78.3 cm³/mol. The van der Waals surface area contributed by atoms with Crippen molar-refractivity contribution in [3.8, 4) is 5.75 Å². The van der Waals surface area contributed by atoms with Gasteiger partial charge in [-0.25, -0.2) is 0 Å². The molecule has 1 fully saturated rings. The zero-order valence-corrected chi connectivity index (χ0v) is 13.0. The van der Waals surface area contributed by atoms with Gasteiger partial charge in [0.15, 0.2) is 0 Å². The van der Waals surface area contributed by atoms with Crippen LogP contribution in [0.5, 0.6) is 5.75 Å². The molecule has 1 heterocycles. The molecule has 0 amide bonds. The number of hydrogen-bond donors (Lipinski definition) is 2. The van der Waals surface area contributed by atoms with Crippen molar-refractivity contribution in [2.75, 3.05) is 19.7 Å². The number of ether oxygens (including phenoxy) is 1. The highest BCUT2D eigenvalue weighted by molar-refractivity contribution is 9.10. The molecule has 20 heavy (non-hydrogen) atoms. The van der Waals surface area contributed by atoms with Gasteiger partial charge in [0.25, 0.3) is 0 Å². The first-order chi connectivity index (χ1) is 9.47. The summed E-state index contributed by atoms with van der Waals surface area (Å²) in [6.45, 7) is 1.15. The highest BCUT2D eigenvalue weighted by Crippen LogP contribution is 2.28. The quantitative estimate of drug-likeness (QED) is 0.836. The number of nitrogens with zero attached hydrogens (tertiary/aromatic N) is 1. The van der Waals surface area contributed by atoms with Crippen molar-refractivity contribution in [2.45, 2.75) is 18.6 Å². The molecule has 1 aliphatic heterocycles. The fourth-order valence-electron chi connectivity index (χ4n) is 2.25. The summed E-state index contributed by atoms with van der Waals surface area (Å²) in [5, 5.41) is 19.2. The standard InChI is InChI=1S/C13H15BrClNO4/c14-10-5-8(15)1-2-12(10)20-4-3-16-7-9(17)6-11(16)13(18)19/h1-2,5,9,11,17H,3-4,6-7H2,(H,18,19). The summed E-state index contributed by atoms with van der Waals surface area (Å²) in [7, 11) is 0. The van der Waals surface area contributed by atoms with Crippen LogP contribution >= 0.6 is 27.5 Å². The first-order valence-electron chi connectivity index (χ1n) is 6.20. The highest BCUT2D eigenvalue weighted by Gasteiger charge is 2.35. The fourth-order valence-corrected chi connectivity index (χ4v) is 3.05. The van der Waals surface area contributed by atoms with E-state index in [0.717, 1.165) is 4.47 Å². The summed E-state index contributed by atoms with van der Waals surface area (Å²) in [5.74, 6) is -0.254. The summed E-state index contributed by atoms with van der Waals surface area (Å²) in [6, 6.07) is 4.57. The summed E-state index contributed by atoms with van der Waals surface area (Å²) in [4.78, 5) is 12.8. The van der Waals surface area contributed by atoms with Gasteiger partial charge in [-0.2, -0.15) is 0 Å². The molecule has 1 aromatic rings. The molecule has 7 heteroatoms. The number of β-amino-alcohol motifs (C(OH)–C–C–N with tert-alkyl or cyclic N) is 1. The Hall–Kier alpha value is -0.820. The lowest BCUT2D eigenvalue weighted by molar-refractivity contribution is -0.142. The molecule has 1 saturated heterocycles. The third-order valence-corrected chi connectivity index (χ3v) is 4.05. The van der Waals surface area contributed by atoms with Gasteiger partial charge < -0.3 is 14.9 Å². The minimum atomic E-state index is -0.908. The number of aliphatic carboxylic acids is 1. The Kier molecular flexibility index (Phi) is 5.26. The number of halogens is 2. The topological polar surface area (TPSA) is 70.0 Å². The SMILES string of the molecule is O=C(O)C1CC(O)CN1CCOc1ccc(Cl)cc1Br. The number of aliphatic hydroxyl groups is 1. The van der Waals surface area contributed by atoms with Gasteiger partial charge in [-0.1, -0.05) is 11.6 Å². The molecule has 2 rings (SSSR count). The Balaban J connectivity index is 1.87. The van der Waals surface area contributed by atoms with Crippen LogP contribution in [-0.4, -0.2) is 52.9 Å². The Morgan fingerprint density at radius 1 is 1.55 bits per heavy atom. The number of carboxylic acid groups (broad SMARTS) is 1. The number of carboxylic acids is 1. The van der Waals surface area contributed by atoms with E-state index in [-0.39, 0.29) is 6.42 Å². The molecular weight excluding hydrogens is 350 g/mol. The van der Waals surface area contributed by atoms with Crippen molar-refractivity contribution in [2.24, 2.45) is 0 Å². The van der Waals surface area contributed by atoms with E-state index in [0.29, 0.717) is 30.5 Å². The predicted octanol–water partition coefficient (Wildman–Crippen LogP) is 2.00. The molecule has 2 N–H and O–H groups in total. The van der Waals surface area contributed by atoms with Gasteiger partial charge >= 0.3 is 5.97 Å². The van der Waals surface area contributed by atoms with E-state index in [1.165, 1.54) is 0 Å². The number of hydrogen-bond acceptors (Lipinski definition) is 4. The Morgan fingerprint density at radius 3 is 2.95 bits per heavy atom. The largest absolute Gasteiger partial charge is 0.491 e. The van der Waals surface area contributed by atoms with Crippen LogP contribution in [0.15, 0.2) is 22.7 Å².